The van der Waals surface area contributed by atoms with Crippen LogP contribution in [0.1, 0.15) is 16.9 Å². The molecule has 0 saturated carbocycles. The number of ether oxygens (including phenoxy) is 1. The molecule has 1 atom stereocenters. The van der Waals surface area contributed by atoms with Crippen LogP contribution in [0.4, 0.5) is 5.69 Å². The molecule has 1 unspecified atom stereocenters. The van der Waals surface area contributed by atoms with Gasteiger partial charge >= 0.3 is 5.97 Å². The van der Waals surface area contributed by atoms with Crippen molar-refractivity contribution in [1.29, 1.82) is 0 Å². The smallest absolute Gasteiger partial charge is 0.358 e. The molecule has 2 rings (SSSR count). The maximum atomic E-state index is 12.0. The van der Waals surface area contributed by atoms with Crippen LogP contribution in [0.3, 0.4) is 0 Å². The Morgan fingerprint density at radius 2 is 2.24 bits per heavy atom. The van der Waals surface area contributed by atoms with Gasteiger partial charge in [-0.1, -0.05) is 0 Å². The minimum atomic E-state index is -3.86. The van der Waals surface area contributed by atoms with Crippen LogP contribution in [-0.2, 0) is 18.6 Å². The minimum Gasteiger partial charge on any atom is -0.464 e. The van der Waals surface area contributed by atoms with E-state index in [1.165, 1.54) is 24.3 Å². The molecule has 1 fully saturated rings. The first-order chi connectivity index (χ1) is 9.74. The van der Waals surface area contributed by atoms with E-state index in [0.717, 1.165) is 0 Å². The van der Waals surface area contributed by atoms with Crippen molar-refractivity contribution in [1.82, 2.24) is 4.98 Å². The molecule has 10 heteroatoms. The Balaban J connectivity index is 2.45. The number of methoxy groups -OCH3 is 1. The first kappa shape index (κ1) is 16.2. The van der Waals surface area contributed by atoms with E-state index >= 15 is 0 Å². The molecule has 1 aromatic rings. The summed E-state index contributed by atoms with van der Waals surface area (Å²) < 4.78 is 27.9. The molecule has 1 saturated heterocycles. The van der Waals surface area contributed by atoms with Crippen LogP contribution in [0, 0.1) is 0 Å². The normalized spacial score (nSPS) is 18.9. The molecule has 2 heterocycles. The van der Waals surface area contributed by atoms with E-state index in [1.54, 1.807) is 0 Å². The first-order valence-corrected chi connectivity index (χ1v) is 8.88. The lowest BCUT2D eigenvalue weighted by molar-refractivity contribution is -0.117. The molecule has 0 spiro atoms. The average Bonchev–Trinajstić information content (AvgIpc) is 2.79. The number of nitrogens with zero attached hydrogens (tertiary/aromatic N) is 2. The SMILES string of the molecule is COC(=O)c1ncc(Br)cc1N1CC(S(=O)(=O)Cl)CC1=O. The number of halogens is 2. The Morgan fingerprint density at radius 1 is 1.57 bits per heavy atom. The Kier molecular flexibility index (Phi) is 4.54. The van der Waals surface area contributed by atoms with Crippen molar-refractivity contribution in [3.05, 3.63) is 22.4 Å². The number of aromatic nitrogens is 1. The number of rotatable bonds is 3. The van der Waals surface area contributed by atoms with Crippen molar-refractivity contribution in [2.24, 2.45) is 0 Å². The van der Waals surface area contributed by atoms with E-state index in [9.17, 15) is 18.0 Å². The topological polar surface area (TPSA) is 93.6 Å². The first-order valence-electron chi connectivity index (χ1n) is 5.71. The zero-order chi connectivity index (χ0) is 15.8. The van der Waals surface area contributed by atoms with Crippen molar-refractivity contribution in [3.8, 4) is 0 Å². The molecule has 114 valence electrons. The number of hydrogen-bond acceptors (Lipinski definition) is 6. The highest BCUT2D eigenvalue weighted by atomic mass is 79.9. The standard InChI is InChI=1S/C11H10BrClN2O5S/c1-20-11(17)10-8(2-6(12)4-14-10)15-5-7(3-9(15)16)21(13,18)19/h2,4,7H,3,5H2,1H3. The molecule has 21 heavy (non-hydrogen) atoms. The highest BCUT2D eigenvalue weighted by Crippen LogP contribution is 2.30. The summed E-state index contributed by atoms with van der Waals surface area (Å²) in [6.07, 6.45) is 1.14. The fourth-order valence-electron chi connectivity index (χ4n) is 1.98. The third-order valence-corrected chi connectivity index (χ3v) is 5.29. The number of amides is 1. The zero-order valence-corrected chi connectivity index (χ0v) is 13.9. The fraction of sp³-hybridized carbons (Fsp3) is 0.364. The summed E-state index contributed by atoms with van der Waals surface area (Å²) in [5, 5.41) is -1.02. The number of anilines is 1. The summed E-state index contributed by atoms with van der Waals surface area (Å²) in [7, 11) is 2.62. The van der Waals surface area contributed by atoms with Crippen LogP contribution in [0.2, 0.25) is 0 Å². The maximum absolute atomic E-state index is 12.0. The summed E-state index contributed by atoms with van der Waals surface area (Å²) in [5.74, 6) is -1.17. The summed E-state index contributed by atoms with van der Waals surface area (Å²) in [6.45, 7) is -0.132. The van der Waals surface area contributed by atoms with Crippen molar-refractivity contribution >= 4 is 53.2 Å². The summed E-state index contributed by atoms with van der Waals surface area (Å²) in [5.41, 5.74) is 0.116. The molecular formula is C11H10BrClN2O5S. The van der Waals surface area contributed by atoms with Crippen molar-refractivity contribution in [3.63, 3.8) is 0 Å². The third-order valence-electron chi connectivity index (χ3n) is 2.99. The van der Waals surface area contributed by atoms with E-state index < -0.39 is 26.2 Å². The van der Waals surface area contributed by atoms with E-state index in [0.29, 0.717) is 4.47 Å². The molecule has 0 radical (unpaired) electrons. The second-order valence-electron chi connectivity index (χ2n) is 4.32. The van der Waals surface area contributed by atoms with Crippen molar-refractivity contribution < 1.29 is 22.7 Å². The van der Waals surface area contributed by atoms with Crippen LogP contribution in [0.25, 0.3) is 0 Å². The second-order valence-corrected chi connectivity index (χ2v) is 8.14. The Morgan fingerprint density at radius 3 is 2.76 bits per heavy atom. The van der Waals surface area contributed by atoms with Crippen molar-refractivity contribution in [2.75, 3.05) is 18.6 Å². The zero-order valence-electron chi connectivity index (χ0n) is 10.7. The predicted octanol–water partition coefficient (Wildman–Crippen LogP) is 1.30. The largest absolute Gasteiger partial charge is 0.464 e. The second kappa shape index (κ2) is 5.90. The van der Waals surface area contributed by atoms with Crippen LogP contribution in [0.15, 0.2) is 16.7 Å². The van der Waals surface area contributed by atoms with Gasteiger partial charge in [-0.25, -0.2) is 18.2 Å². The molecular weight excluding hydrogens is 388 g/mol. The highest BCUT2D eigenvalue weighted by molar-refractivity contribution is 9.10. The van der Waals surface area contributed by atoms with Gasteiger partial charge in [0.15, 0.2) is 5.69 Å². The van der Waals surface area contributed by atoms with Gasteiger partial charge in [0.25, 0.3) is 0 Å². The minimum absolute atomic E-state index is 0.0679. The van der Waals surface area contributed by atoms with Gasteiger partial charge < -0.3 is 9.64 Å². The average molecular weight is 398 g/mol. The van der Waals surface area contributed by atoms with E-state index in [1.807, 2.05) is 0 Å². The molecule has 7 nitrogen and oxygen atoms in total. The van der Waals surface area contributed by atoms with Crippen LogP contribution in [0.5, 0.6) is 0 Å². The monoisotopic (exact) mass is 396 g/mol. The summed E-state index contributed by atoms with van der Waals surface area (Å²) in [6, 6.07) is 1.50. The van der Waals surface area contributed by atoms with Crippen molar-refractivity contribution in [2.45, 2.75) is 11.7 Å². The molecule has 1 aromatic heterocycles. The Labute approximate surface area is 133 Å². The summed E-state index contributed by atoms with van der Waals surface area (Å²) in [4.78, 5) is 28.8. The molecule has 0 aromatic carbocycles. The molecule has 1 aliphatic rings. The number of hydrogen-bond donors (Lipinski definition) is 0. The van der Waals surface area contributed by atoms with Gasteiger partial charge in [0, 0.05) is 34.3 Å². The van der Waals surface area contributed by atoms with Gasteiger partial charge in [0.2, 0.25) is 15.0 Å². The predicted molar refractivity (Wildman–Crippen MR) is 78.8 cm³/mol. The van der Waals surface area contributed by atoms with E-state index in [-0.39, 0.29) is 24.3 Å². The van der Waals surface area contributed by atoms with Gasteiger partial charge in [0.1, 0.15) is 5.25 Å². The number of carbonyl (C=O) groups is 2. The molecule has 1 aliphatic heterocycles. The molecule has 0 aliphatic carbocycles. The third kappa shape index (κ3) is 3.35. The van der Waals surface area contributed by atoms with Gasteiger partial charge in [-0.2, -0.15) is 0 Å². The lowest BCUT2D eigenvalue weighted by Crippen LogP contribution is -2.29. The van der Waals surface area contributed by atoms with Crippen LogP contribution < -0.4 is 4.90 Å². The number of pyridine rings is 1. The quantitative estimate of drug-likeness (QED) is 0.564. The van der Waals surface area contributed by atoms with Gasteiger partial charge in [-0.15, -0.1) is 0 Å². The van der Waals surface area contributed by atoms with E-state index in [4.69, 9.17) is 10.7 Å². The lowest BCUT2D eigenvalue weighted by Gasteiger charge is -2.18. The van der Waals surface area contributed by atoms with Crippen LogP contribution >= 0.6 is 26.6 Å². The summed E-state index contributed by atoms with van der Waals surface area (Å²) >= 11 is 3.19. The lowest BCUT2D eigenvalue weighted by atomic mass is 10.2. The fourth-order valence-corrected chi connectivity index (χ4v) is 3.33. The van der Waals surface area contributed by atoms with Gasteiger partial charge in [-0.3, -0.25) is 4.79 Å². The van der Waals surface area contributed by atoms with Crippen LogP contribution in [-0.4, -0.2) is 44.2 Å². The molecule has 1 amide bonds. The number of carbonyl (C=O) groups excluding carboxylic acids is 2. The van der Waals surface area contributed by atoms with Gasteiger partial charge in [0.05, 0.1) is 12.8 Å². The molecule has 0 bridgehead atoms. The van der Waals surface area contributed by atoms with E-state index in [2.05, 4.69) is 25.7 Å². The number of esters is 1. The molecule has 0 N–H and O–H groups in total. The highest BCUT2D eigenvalue weighted by Gasteiger charge is 2.39. The van der Waals surface area contributed by atoms with Gasteiger partial charge in [-0.05, 0) is 22.0 Å². The maximum Gasteiger partial charge on any atom is 0.358 e. The Bertz CT molecular complexity index is 709. The Hall–Kier alpha value is -1.19.